The van der Waals surface area contributed by atoms with E-state index in [0.717, 1.165) is 22.2 Å². The number of nitrogens with zero attached hydrogens (tertiary/aromatic N) is 3. The lowest BCUT2D eigenvalue weighted by Crippen LogP contribution is -2.60. The van der Waals surface area contributed by atoms with Crippen molar-refractivity contribution in [2.75, 3.05) is 11.2 Å². The number of amides is 1. The minimum atomic E-state index is -0.586. The summed E-state index contributed by atoms with van der Waals surface area (Å²) in [4.78, 5) is 34.0. The molecule has 3 heterocycles. The number of fused-ring (bicyclic) bond motifs is 4. The van der Waals surface area contributed by atoms with Gasteiger partial charge in [0.15, 0.2) is 0 Å². The average Bonchev–Trinajstić information content (AvgIpc) is 3.07. The van der Waals surface area contributed by atoms with Gasteiger partial charge in [0.1, 0.15) is 0 Å². The summed E-state index contributed by atoms with van der Waals surface area (Å²) in [5.74, 6) is -0.122. The number of aromatic amines is 2. The summed E-state index contributed by atoms with van der Waals surface area (Å²) >= 11 is 1.36. The van der Waals surface area contributed by atoms with Crippen LogP contribution in [0.15, 0.2) is 58.5 Å². The first kappa shape index (κ1) is 18.6. The molecule has 2 N–H and O–H groups in total. The number of nitrogens with one attached hydrogen (secondary N) is 2. The Morgan fingerprint density at radius 2 is 1.87 bits per heavy atom. The van der Waals surface area contributed by atoms with Crippen molar-refractivity contribution in [3.8, 4) is 11.3 Å². The number of hydrogen-bond acceptors (Lipinski definition) is 4. The number of H-pyrrole nitrogens is 2. The molecular formula is C22H20N5O2S+. The van der Waals surface area contributed by atoms with E-state index >= 15 is 0 Å². The van der Waals surface area contributed by atoms with E-state index in [2.05, 4.69) is 9.97 Å². The quantitative estimate of drug-likeness (QED) is 0.387. The Labute approximate surface area is 176 Å². The van der Waals surface area contributed by atoms with Crippen molar-refractivity contribution in [1.29, 1.82) is 0 Å². The molecule has 0 spiro atoms. The first-order chi connectivity index (χ1) is 14.5. The van der Waals surface area contributed by atoms with Gasteiger partial charge in [0.05, 0.1) is 16.8 Å². The smallest absolute Gasteiger partial charge is 0.325 e. The minimum absolute atomic E-state index is 0.122. The molecule has 8 heteroatoms. The van der Waals surface area contributed by atoms with Crippen LogP contribution in [0.4, 0.5) is 5.69 Å². The van der Waals surface area contributed by atoms with Crippen LogP contribution in [0.25, 0.3) is 22.2 Å². The highest BCUT2D eigenvalue weighted by Gasteiger charge is 2.46. The molecule has 0 fully saturated rings. The van der Waals surface area contributed by atoms with E-state index in [1.165, 1.54) is 11.8 Å². The Hall–Kier alpha value is -3.39. The second-order valence-electron chi connectivity index (χ2n) is 7.25. The van der Waals surface area contributed by atoms with Crippen LogP contribution in [0.2, 0.25) is 0 Å². The number of aryl methyl sites for hydroxylation is 1. The summed E-state index contributed by atoms with van der Waals surface area (Å²) in [6.45, 7) is 3.53. The van der Waals surface area contributed by atoms with Gasteiger partial charge < -0.3 is 4.98 Å². The normalized spacial score (nSPS) is 15.2. The minimum Gasteiger partial charge on any atom is -0.358 e. The number of carbonyl (C=O) groups excluding carboxylic acids is 1. The van der Waals surface area contributed by atoms with Crippen molar-refractivity contribution in [3.05, 3.63) is 70.1 Å². The maximum absolute atomic E-state index is 13.1. The molecule has 1 aliphatic rings. The lowest BCUT2D eigenvalue weighted by Gasteiger charge is -2.31. The maximum Gasteiger partial charge on any atom is 0.325 e. The van der Waals surface area contributed by atoms with E-state index in [-0.39, 0.29) is 11.5 Å². The monoisotopic (exact) mass is 418 g/mol. The van der Waals surface area contributed by atoms with Gasteiger partial charge in [0.2, 0.25) is 11.1 Å². The van der Waals surface area contributed by atoms with E-state index in [1.807, 2.05) is 61.7 Å². The lowest BCUT2D eigenvalue weighted by atomic mass is 10.00. The van der Waals surface area contributed by atoms with E-state index in [1.54, 1.807) is 16.5 Å². The second kappa shape index (κ2) is 6.84. The third-order valence-corrected chi connectivity index (χ3v) is 6.06. The first-order valence-electron chi connectivity index (χ1n) is 9.57. The van der Waals surface area contributed by atoms with Crippen LogP contribution in [0.3, 0.4) is 0 Å². The van der Waals surface area contributed by atoms with E-state index < -0.39 is 6.17 Å². The molecule has 0 unspecified atom stereocenters. The van der Waals surface area contributed by atoms with Crippen molar-refractivity contribution in [1.82, 2.24) is 15.1 Å². The fourth-order valence-corrected chi connectivity index (χ4v) is 4.66. The Bertz CT molecular complexity index is 1370. The molecule has 0 saturated heterocycles. The van der Waals surface area contributed by atoms with Crippen LogP contribution in [0.5, 0.6) is 0 Å². The molecule has 1 amide bonds. The third-order valence-electron chi connectivity index (χ3n) is 5.49. The Kier molecular flexibility index (Phi) is 4.25. The zero-order valence-corrected chi connectivity index (χ0v) is 17.6. The molecule has 0 aliphatic carbocycles. The van der Waals surface area contributed by atoms with Crippen LogP contribution in [0, 0.1) is 6.92 Å². The van der Waals surface area contributed by atoms with Crippen LogP contribution >= 0.6 is 11.8 Å². The van der Waals surface area contributed by atoms with Gasteiger partial charge in [-0.25, -0.2) is 4.90 Å². The van der Waals surface area contributed by atoms with Gasteiger partial charge in [0, 0.05) is 28.6 Å². The van der Waals surface area contributed by atoms with E-state index in [4.69, 9.17) is 5.10 Å². The number of rotatable bonds is 2. The fourth-order valence-electron chi connectivity index (χ4n) is 4.30. The summed E-state index contributed by atoms with van der Waals surface area (Å²) in [6.07, 6.45) is 1.27. The number of benzene rings is 2. The van der Waals surface area contributed by atoms with Gasteiger partial charge in [-0.2, -0.15) is 0 Å². The number of anilines is 1. The molecule has 7 nitrogen and oxygen atoms in total. The average molecular weight is 419 g/mol. The summed E-state index contributed by atoms with van der Waals surface area (Å²) in [5.41, 5.74) is 4.42. The Morgan fingerprint density at radius 1 is 1.13 bits per heavy atom. The zero-order chi connectivity index (χ0) is 21.0. The Balaban J connectivity index is 1.93. The SMILES string of the molecule is CSc1n[n+]2c(c(=O)[nH]1)-c1ccccc1N(C(C)=O)[C@@H]2c1c(C)[nH]c2ccccc12. The first-order valence-corrected chi connectivity index (χ1v) is 10.8. The largest absolute Gasteiger partial charge is 0.358 e. The van der Waals surface area contributed by atoms with Gasteiger partial charge in [-0.05, 0) is 36.1 Å². The molecule has 150 valence electrons. The van der Waals surface area contributed by atoms with Gasteiger partial charge >= 0.3 is 11.3 Å². The lowest BCUT2D eigenvalue weighted by molar-refractivity contribution is -0.763. The number of aromatic nitrogens is 4. The summed E-state index contributed by atoms with van der Waals surface area (Å²) in [7, 11) is 0. The summed E-state index contributed by atoms with van der Waals surface area (Å²) in [5, 5.41) is 6.22. The van der Waals surface area contributed by atoms with Gasteiger partial charge in [-0.1, -0.05) is 42.1 Å². The summed E-state index contributed by atoms with van der Waals surface area (Å²) in [6, 6.07) is 15.4. The fraction of sp³-hybridized carbons (Fsp3) is 0.182. The van der Waals surface area contributed by atoms with Crippen molar-refractivity contribution in [3.63, 3.8) is 0 Å². The van der Waals surface area contributed by atoms with Crippen molar-refractivity contribution >= 4 is 34.3 Å². The topological polar surface area (TPSA) is 85.7 Å². The molecule has 0 saturated carbocycles. The Morgan fingerprint density at radius 3 is 2.63 bits per heavy atom. The zero-order valence-electron chi connectivity index (χ0n) is 16.8. The molecule has 1 aliphatic heterocycles. The predicted octanol–water partition coefficient (Wildman–Crippen LogP) is 3.15. The molecular weight excluding hydrogens is 398 g/mol. The molecule has 5 rings (SSSR count). The van der Waals surface area contributed by atoms with Crippen molar-refractivity contribution in [2.24, 2.45) is 0 Å². The van der Waals surface area contributed by atoms with Crippen molar-refractivity contribution in [2.45, 2.75) is 25.2 Å². The molecule has 1 atom stereocenters. The molecule has 0 radical (unpaired) electrons. The highest BCUT2D eigenvalue weighted by Crippen LogP contribution is 2.40. The number of hydrogen-bond donors (Lipinski definition) is 2. The number of para-hydroxylation sites is 2. The van der Waals surface area contributed by atoms with E-state index in [9.17, 15) is 9.59 Å². The van der Waals surface area contributed by atoms with Crippen LogP contribution in [0.1, 0.15) is 24.3 Å². The van der Waals surface area contributed by atoms with Crippen LogP contribution < -0.4 is 15.1 Å². The number of carbonyl (C=O) groups is 1. The van der Waals surface area contributed by atoms with Gasteiger partial charge in [0.25, 0.3) is 6.17 Å². The number of thioether (sulfide) groups is 1. The van der Waals surface area contributed by atoms with Crippen LogP contribution in [-0.2, 0) is 4.79 Å². The standard InChI is InChI=1S/C22H19N5O2S/c1-12-18(14-8-4-6-10-16(14)23-12)21-26(13(2)28)17-11-7-5-9-15(17)19-20(29)24-22(30-3)25-27(19)21/h4-11,21,23H,1-3H3/p+1/t21-/m0/s1. The van der Waals surface area contributed by atoms with Gasteiger partial charge in [-0.15, -0.1) is 0 Å². The summed E-state index contributed by atoms with van der Waals surface area (Å²) < 4.78 is 1.69. The second-order valence-corrected chi connectivity index (χ2v) is 8.04. The van der Waals surface area contributed by atoms with E-state index in [0.29, 0.717) is 22.1 Å². The molecule has 2 aromatic heterocycles. The maximum atomic E-state index is 13.1. The van der Waals surface area contributed by atoms with Crippen LogP contribution in [-0.4, -0.2) is 27.2 Å². The third kappa shape index (κ3) is 2.60. The van der Waals surface area contributed by atoms with Crippen molar-refractivity contribution < 1.29 is 9.48 Å². The van der Waals surface area contributed by atoms with Gasteiger partial charge in [-0.3, -0.25) is 14.6 Å². The molecule has 30 heavy (non-hydrogen) atoms. The highest BCUT2D eigenvalue weighted by atomic mass is 32.2. The highest BCUT2D eigenvalue weighted by molar-refractivity contribution is 7.98. The molecule has 4 aromatic rings. The molecule has 2 aromatic carbocycles. The predicted molar refractivity (Wildman–Crippen MR) is 117 cm³/mol. The molecule has 0 bridgehead atoms.